The number of thioether (sulfide) groups is 1. The molecule has 0 heterocycles. The lowest BCUT2D eigenvalue weighted by atomic mass is 10.3. The van der Waals surface area contributed by atoms with Crippen LogP contribution in [0.3, 0.4) is 0 Å². The molecule has 6 heteroatoms. The van der Waals surface area contributed by atoms with Crippen molar-refractivity contribution in [1.29, 1.82) is 0 Å². The lowest BCUT2D eigenvalue weighted by molar-refractivity contribution is -0.142. The minimum absolute atomic E-state index is 0.0862. The highest BCUT2D eigenvalue weighted by Crippen LogP contribution is 2.26. The summed E-state index contributed by atoms with van der Waals surface area (Å²) in [6, 6.07) is 6.66. The predicted octanol–water partition coefficient (Wildman–Crippen LogP) is 2.52. The van der Waals surface area contributed by atoms with Crippen LogP contribution in [-0.4, -0.2) is 32.5 Å². The fraction of sp³-hybridized carbons (Fsp3) is 0.462. The average Bonchev–Trinajstić information content (AvgIpc) is 2.28. The minimum Gasteiger partial charge on any atom is -0.466 e. The monoisotopic (exact) mass is 302 g/mol. The molecule has 0 saturated heterocycles. The number of hydrogen-bond donors (Lipinski definition) is 0. The van der Waals surface area contributed by atoms with Crippen molar-refractivity contribution in [2.45, 2.75) is 35.3 Å². The smallest absolute Gasteiger partial charge is 0.306 e. The standard InChI is InChI=1S/C13H18O4S2/c1-4-17-13(14)9-10(2)18-11-5-7-12(8-6-11)19(3,15)16/h5-8,10H,4,9H2,1-3H3. The molecule has 1 rings (SSSR count). The number of hydrogen-bond acceptors (Lipinski definition) is 5. The molecule has 0 fully saturated rings. The van der Waals surface area contributed by atoms with Crippen LogP contribution < -0.4 is 0 Å². The van der Waals surface area contributed by atoms with Crippen molar-refractivity contribution < 1.29 is 17.9 Å². The van der Waals surface area contributed by atoms with E-state index in [0.717, 1.165) is 4.90 Å². The van der Waals surface area contributed by atoms with Crippen LogP contribution in [0.25, 0.3) is 0 Å². The molecule has 0 aliphatic heterocycles. The molecule has 0 bridgehead atoms. The molecule has 0 aliphatic carbocycles. The van der Waals surface area contributed by atoms with E-state index in [9.17, 15) is 13.2 Å². The van der Waals surface area contributed by atoms with E-state index in [-0.39, 0.29) is 11.2 Å². The van der Waals surface area contributed by atoms with Crippen LogP contribution in [0.2, 0.25) is 0 Å². The topological polar surface area (TPSA) is 60.4 Å². The Morgan fingerprint density at radius 2 is 1.89 bits per heavy atom. The van der Waals surface area contributed by atoms with Gasteiger partial charge in [0, 0.05) is 16.4 Å². The summed E-state index contributed by atoms with van der Waals surface area (Å²) in [6.45, 7) is 4.10. The van der Waals surface area contributed by atoms with Crippen molar-refractivity contribution in [3.8, 4) is 0 Å². The molecule has 1 aromatic carbocycles. The zero-order chi connectivity index (χ0) is 14.5. The summed E-state index contributed by atoms with van der Waals surface area (Å²) in [5.74, 6) is -0.213. The van der Waals surface area contributed by atoms with Crippen molar-refractivity contribution in [2.75, 3.05) is 12.9 Å². The molecule has 1 aromatic rings. The van der Waals surface area contributed by atoms with Crippen LogP contribution in [0.4, 0.5) is 0 Å². The van der Waals surface area contributed by atoms with Gasteiger partial charge in [0.15, 0.2) is 9.84 Å². The number of rotatable bonds is 6. The first kappa shape index (κ1) is 16.0. The Kier molecular flexibility index (Phi) is 5.87. The van der Waals surface area contributed by atoms with E-state index in [1.165, 1.54) is 18.0 Å². The molecule has 0 radical (unpaired) electrons. The van der Waals surface area contributed by atoms with Crippen molar-refractivity contribution >= 4 is 27.6 Å². The van der Waals surface area contributed by atoms with Crippen LogP contribution in [0.1, 0.15) is 20.3 Å². The summed E-state index contributed by atoms with van der Waals surface area (Å²) in [4.78, 5) is 12.5. The number of benzene rings is 1. The van der Waals surface area contributed by atoms with Crippen LogP contribution >= 0.6 is 11.8 Å². The maximum atomic E-state index is 11.3. The highest BCUT2D eigenvalue weighted by molar-refractivity contribution is 8.00. The number of carbonyl (C=O) groups excluding carboxylic acids is 1. The average molecular weight is 302 g/mol. The molecule has 0 spiro atoms. The maximum absolute atomic E-state index is 11.3. The molecule has 0 amide bonds. The van der Waals surface area contributed by atoms with E-state index in [2.05, 4.69) is 0 Å². The third-order valence-corrected chi connectivity index (χ3v) is 4.59. The fourth-order valence-corrected chi connectivity index (χ4v) is 3.10. The second-order valence-corrected chi connectivity index (χ2v) is 7.71. The van der Waals surface area contributed by atoms with E-state index in [0.29, 0.717) is 17.9 Å². The Labute approximate surface area is 118 Å². The van der Waals surface area contributed by atoms with Crippen LogP contribution in [0, 0.1) is 0 Å². The van der Waals surface area contributed by atoms with Gasteiger partial charge < -0.3 is 4.74 Å². The molecular formula is C13H18O4S2. The quantitative estimate of drug-likeness (QED) is 0.597. The summed E-state index contributed by atoms with van der Waals surface area (Å²) < 4.78 is 27.5. The van der Waals surface area contributed by atoms with Crippen molar-refractivity contribution in [3.05, 3.63) is 24.3 Å². The largest absolute Gasteiger partial charge is 0.466 e. The van der Waals surface area contributed by atoms with Gasteiger partial charge in [0.05, 0.1) is 17.9 Å². The SMILES string of the molecule is CCOC(=O)CC(C)Sc1ccc(S(C)(=O)=O)cc1. The molecule has 19 heavy (non-hydrogen) atoms. The van der Waals surface area contributed by atoms with Crippen LogP contribution in [-0.2, 0) is 19.4 Å². The lowest BCUT2D eigenvalue weighted by Gasteiger charge is -2.10. The van der Waals surface area contributed by atoms with E-state index < -0.39 is 9.84 Å². The summed E-state index contributed by atoms with van der Waals surface area (Å²) in [6.07, 6.45) is 1.52. The van der Waals surface area contributed by atoms with E-state index >= 15 is 0 Å². The zero-order valence-corrected chi connectivity index (χ0v) is 12.9. The minimum atomic E-state index is -3.16. The highest BCUT2D eigenvalue weighted by atomic mass is 32.2. The third kappa shape index (κ3) is 5.65. The van der Waals surface area contributed by atoms with Gasteiger partial charge in [0.2, 0.25) is 0 Å². The Hall–Kier alpha value is -1.01. The second-order valence-electron chi connectivity index (χ2n) is 4.18. The first-order chi connectivity index (χ1) is 8.82. The predicted molar refractivity (Wildman–Crippen MR) is 76.1 cm³/mol. The van der Waals surface area contributed by atoms with Gasteiger partial charge in [0.1, 0.15) is 0 Å². The third-order valence-electron chi connectivity index (χ3n) is 2.35. The molecule has 0 aliphatic rings. The van der Waals surface area contributed by atoms with Crippen molar-refractivity contribution in [2.24, 2.45) is 0 Å². The van der Waals surface area contributed by atoms with Crippen LogP contribution in [0.5, 0.6) is 0 Å². The first-order valence-electron chi connectivity index (χ1n) is 5.95. The number of sulfone groups is 1. The van der Waals surface area contributed by atoms with Gasteiger partial charge in [-0.2, -0.15) is 0 Å². The van der Waals surface area contributed by atoms with E-state index in [4.69, 9.17) is 4.74 Å². The van der Waals surface area contributed by atoms with Gasteiger partial charge in [-0.3, -0.25) is 4.79 Å². The Bertz CT molecular complexity index is 520. The van der Waals surface area contributed by atoms with Gasteiger partial charge in [-0.15, -0.1) is 11.8 Å². The summed E-state index contributed by atoms with van der Waals surface area (Å²) >= 11 is 1.52. The molecule has 0 saturated carbocycles. The molecule has 0 aromatic heterocycles. The Morgan fingerprint density at radius 3 is 2.37 bits per heavy atom. The van der Waals surface area contributed by atoms with Gasteiger partial charge in [-0.1, -0.05) is 6.92 Å². The van der Waals surface area contributed by atoms with Crippen molar-refractivity contribution in [1.82, 2.24) is 0 Å². The van der Waals surface area contributed by atoms with Gasteiger partial charge in [0.25, 0.3) is 0 Å². The molecule has 1 unspecified atom stereocenters. The summed E-state index contributed by atoms with van der Waals surface area (Å²) in [5.41, 5.74) is 0. The first-order valence-corrected chi connectivity index (χ1v) is 8.72. The molecule has 0 N–H and O–H groups in total. The Morgan fingerprint density at radius 1 is 1.32 bits per heavy atom. The van der Waals surface area contributed by atoms with Gasteiger partial charge in [-0.05, 0) is 31.2 Å². The zero-order valence-electron chi connectivity index (χ0n) is 11.3. The van der Waals surface area contributed by atoms with Crippen molar-refractivity contribution in [3.63, 3.8) is 0 Å². The molecule has 4 nitrogen and oxygen atoms in total. The van der Waals surface area contributed by atoms with E-state index in [1.54, 1.807) is 31.2 Å². The molecular weight excluding hydrogens is 284 g/mol. The number of carbonyl (C=O) groups is 1. The lowest BCUT2D eigenvalue weighted by Crippen LogP contribution is -2.10. The molecule has 1 atom stereocenters. The summed E-state index contributed by atoms with van der Waals surface area (Å²) in [5, 5.41) is 0.0862. The summed E-state index contributed by atoms with van der Waals surface area (Å²) in [7, 11) is -3.16. The molecule has 106 valence electrons. The normalized spacial score (nSPS) is 13.0. The van der Waals surface area contributed by atoms with E-state index in [1.807, 2.05) is 6.92 Å². The fourth-order valence-electron chi connectivity index (χ4n) is 1.49. The van der Waals surface area contributed by atoms with Crippen LogP contribution in [0.15, 0.2) is 34.1 Å². The highest BCUT2D eigenvalue weighted by Gasteiger charge is 2.12. The maximum Gasteiger partial charge on any atom is 0.306 e. The van der Waals surface area contributed by atoms with Gasteiger partial charge in [-0.25, -0.2) is 8.42 Å². The second kappa shape index (κ2) is 6.96. The van der Waals surface area contributed by atoms with Gasteiger partial charge >= 0.3 is 5.97 Å². The Balaban J connectivity index is 2.61. The number of ether oxygens (including phenoxy) is 1. The number of esters is 1.